The molecule has 0 radical (unpaired) electrons. The van der Waals surface area contributed by atoms with Crippen LogP contribution < -0.4 is 4.90 Å². The summed E-state index contributed by atoms with van der Waals surface area (Å²) in [6.45, 7) is 4.78. The number of anilines is 3. The molecule has 9 aromatic rings. The largest absolute Gasteiger partial charge is 0.309 e. The van der Waals surface area contributed by atoms with Gasteiger partial charge in [-0.25, -0.2) is 0 Å². The van der Waals surface area contributed by atoms with Crippen LogP contribution in [0.25, 0.3) is 65.7 Å². The standard InChI is InChI=1S/C51H37N/c1-51(2)46-26-14-12-25-44(46)49-48(33-37-19-7-9-22-41(37)50(49)51)52(47-27-15-13-21-40(47)34-16-4-3-5-17-34)38-30-28-35(29-31-38)45-32-36-18-6-8-20-39(36)42-23-10-11-24-43(42)45/h3-33H,1-2H3. The van der Waals surface area contributed by atoms with Gasteiger partial charge in [-0.15, -0.1) is 0 Å². The van der Waals surface area contributed by atoms with Gasteiger partial charge in [-0.2, -0.15) is 0 Å². The van der Waals surface area contributed by atoms with Crippen molar-refractivity contribution in [1.29, 1.82) is 0 Å². The van der Waals surface area contributed by atoms with Crippen LogP contribution in [0.2, 0.25) is 0 Å². The second-order valence-corrected chi connectivity index (χ2v) is 14.5. The van der Waals surface area contributed by atoms with Gasteiger partial charge in [0.25, 0.3) is 0 Å². The Morgan fingerprint density at radius 2 is 0.942 bits per heavy atom. The zero-order valence-corrected chi connectivity index (χ0v) is 29.3. The SMILES string of the molecule is CC1(C)c2ccccc2-c2c(N(c3ccc(-c4cc5ccccc5c5ccccc45)cc3)c3ccccc3-c3ccccc3)cc3ccccc3c21. The average Bonchev–Trinajstić information content (AvgIpc) is 3.45. The number of nitrogens with zero attached hydrogens (tertiary/aromatic N) is 1. The van der Waals surface area contributed by atoms with E-state index in [1.54, 1.807) is 0 Å². The van der Waals surface area contributed by atoms with Crippen molar-refractivity contribution < 1.29 is 0 Å². The normalized spacial score (nSPS) is 13.0. The van der Waals surface area contributed by atoms with Crippen LogP contribution >= 0.6 is 0 Å². The van der Waals surface area contributed by atoms with Crippen molar-refractivity contribution in [3.05, 3.63) is 199 Å². The van der Waals surface area contributed by atoms with Crippen molar-refractivity contribution in [2.45, 2.75) is 19.3 Å². The Bertz CT molecular complexity index is 2810. The minimum Gasteiger partial charge on any atom is -0.309 e. The summed E-state index contributed by atoms with van der Waals surface area (Å²) in [5.74, 6) is 0. The highest BCUT2D eigenvalue weighted by molar-refractivity contribution is 6.14. The van der Waals surface area contributed by atoms with Crippen LogP contribution in [-0.2, 0) is 5.41 Å². The first-order valence-corrected chi connectivity index (χ1v) is 18.2. The van der Waals surface area contributed by atoms with Gasteiger partial charge in [0.15, 0.2) is 0 Å². The monoisotopic (exact) mass is 663 g/mol. The van der Waals surface area contributed by atoms with E-state index in [1.165, 1.54) is 82.5 Å². The smallest absolute Gasteiger partial charge is 0.0549 e. The topological polar surface area (TPSA) is 3.24 Å². The molecule has 0 saturated carbocycles. The second-order valence-electron chi connectivity index (χ2n) is 14.5. The van der Waals surface area contributed by atoms with Gasteiger partial charge in [-0.1, -0.05) is 172 Å². The molecule has 0 amide bonds. The molecule has 0 heterocycles. The molecule has 0 bridgehead atoms. The van der Waals surface area contributed by atoms with Crippen molar-refractivity contribution in [3.63, 3.8) is 0 Å². The predicted octanol–water partition coefficient (Wildman–Crippen LogP) is 14.3. The zero-order chi connectivity index (χ0) is 34.8. The third-order valence-electron chi connectivity index (χ3n) is 11.2. The maximum absolute atomic E-state index is 2.51. The Labute approximate surface area is 305 Å². The lowest BCUT2D eigenvalue weighted by Gasteiger charge is -2.31. The molecule has 0 aliphatic heterocycles. The molecule has 0 aromatic heterocycles. The minimum atomic E-state index is -0.160. The number of hydrogen-bond donors (Lipinski definition) is 0. The number of rotatable bonds is 5. The Hall–Kier alpha value is -6.44. The molecule has 0 N–H and O–H groups in total. The van der Waals surface area contributed by atoms with E-state index in [2.05, 4.69) is 207 Å². The third-order valence-corrected chi connectivity index (χ3v) is 11.2. The molecule has 1 aliphatic rings. The summed E-state index contributed by atoms with van der Waals surface area (Å²) in [7, 11) is 0. The van der Waals surface area contributed by atoms with Crippen LogP contribution in [0.1, 0.15) is 25.0 Å². The molecular formula is C51H37N. The third kappa shape index (κ3) is 4.63. The van der Waals surface area contributed by atoms with E-state index >= 15 is 0 Å². The highest BCUT2D eigenvalue weighted by Crippen LogP contribution is 2.57. The van der Waals surface area contributed by atoms with E-state index in [4.69, 9.17) is 0 Å². The van der Waals surface area contributed by atoms with Gasteiger partial charge in [-0.3, -0.25) is 0 Å². The summed E-state index contributed by atoms with van der Waals surface area (Å²) in [5, 5.41) is 7.66. The summed E-state index contributed by atoms with van der Waals surface area (Å²) >= 11 is 0. The van der Waals surface area contributed by atoms with Gasteiger partial charge in [0.2, 0.25) is 0 Å². The first-order chi connectivity index (χ1) is 25.6. The summed E-state index contributed by atoms with van der Waals surface area (Å²) in [5.41, 5.74) is 13.5. The van der Waals surface area contributed by atoms with Gasteiger partial charge >= 0.3 is 0 Å². The van der Waals surface area contributed by atoms with E-state index in [1.807, 2.05) is 0 Å². The fourth-order valence-corrected chi connectivity index (χ4v) is 8.83. The van der Waals surface area contributed by atoms with E-state index in [-0.39, 0.29) is 5.41 Å². The molecule has 0 fully saturated rings. The molecule has 52 heavy (non-hydrogen) atoms. The zero-order valence-electron chi connectivity index (χ0n) is 29.3. The van der Waals surface area contributed by atoms with E-state index < -0.39 is 0 Å². The number of para-hydroxylation sites is 1. The first-order valence-electron chi connectivity index (χ1n) is 18.2. The van der Waals surface area contributed by atoms with Crippen LogP contribution in [0.15, 0.2) is 188 Å². The Morgan fingerprint density at radius 3 is 1.71 bits per heavy atom. The van der Waals surface area contributed by atoms with Gasteiger partial charge in [0.1, 0.15) is 0 Å². The molecule has 1 heteroatoms. The fraction of sp³-hybridized carbons (Fsp3) is 0.0588. The van der Waals surface area contributed by atoms with Crippen LogP contribution in [0.4, 0.5) is 17.1 Å². The van der Waals surface area contributed by atoms with Gasteiger partial charge in [0, 0.05) is 22.2 Å². The van der Waals surface area contributed by atoms with E-state index in [9.17, 15) is 0 Å². The quantitative estimate of drug-likeness (QED) is 0.166. The van der Waals surface area contributed by atoms with Crippen molar-refractivity contribution in [2.24, 2.45) is 0 Å². The van der Waals surface area contributed by atoms with Crippen molar-refractivity contribution in [2.75, 3.05) is 4.90 Å². The van der Waals surface area contributed by atoms with Gasteiger partial charge in [0.05, 0.1) is 11.4 Å². The predicted molar refractivity (Wildman–Crippen MR) is 222 cm³/mol. The van der Waals surface area contributed by atoms with Crippen LogP contribution in [-0.4, -0.2) is 0 Å². The molecule has 246 valence electrons. The fourth-order valence-electron chi connectivity index (χ4n) is 8.83. The van der Waals surface area contributed by atoms with Crippen molar-refractivity contribution >= 4 is 49.4 Å². The maximum Gasteiger partial charge on any atom is 0.0549 e. The highest BCUT2D eigenvalue weighted by atomic mass is 15.1. The molecule has 0 atom stereocenters. The Balaban J connectivity index is 1.25. The number of fused-ring (bicyclic) bond motifs is 8. The molecule has 1 aliphatic carbocycles. The first kappa shape index (κ1) is 30.4. The molecule has 10 rings (SSSR count). The summed E-state index contributed by atoms with van der Waals surface area (Å²) < 4.78 is 0. The lowest BCUT2D eigenvalue weighted by Crippen LogP contribution is -2.17. The molecular weight excluding hydrogens is 627 g/mol. The molecule has 0 unspecified atom stereocenters. The van der Waals surface area contributed by atoms with E-state index in [0.29, 0.717) is 0 Å². The van der Waals surface area contributed by atoms with Gasteiger partial charge < -0.3 is 4.90 Å². The second kappa shape index (κ2) is 11.8. The molecule has 1 nitrogen and oxygen atoms in total. The van der Waals surface area contributed by atoms with Crippen LogP contribution in [0, 0.1) is 0 Å². The molecule has 9 aromatic carbocycles. The average molecular weight is 664 g/mol. The Kier molecular flexibility index (Phi) is 6.91. The lowest BCUT2D eigenvalue weighted by molar-refractivity contribution is 0.666. The highest BCUT2D eigenvalue weighted by Gasteiger charge is 2.39. The van der Waals surface area contributed by atoms with E-state index in [0.717, 1.165) is 11.4 Å². The summed E-state index contributed by atoms with van der Waals surface area (Å²) in [6, 6.07) is 69.1. The number of hydrogen-bond acceptors (Lipinski definition) is 1. The lowest BCUT2D eigenvalue weighted by atomic mass is 9.80. The van der Waals surface area contributed by atoms with Crippen LogP contribution in [0.5, 0.6) is 0 Å². The van der Waals surface area contributed by atoms with Crippen molar-refractivity contribution in [1.82, 2.24) is 0 Å². The Morgan fingerprint density at radius 1 is 0.385 bits per heavy atom. The number of benzene rings is 9. The minimum absolute atomic E-state index is 0.160. The molecule has 0 spiro atoms. The van der Waals surface area contributed by atoms with Crippen molar-refractivity contribution in [3.8, 4) is 33.4 Å². The molecule has 0 saturated heterocycles. The summed E-state index contributed by atoms with van der Waals surface area (Å²) in [6.07, 6.45) is 0. The summed E-state index contributed by atoms with van der Waals surface area (Å²) in [4.78, 5) is 2.51. The van der Waals surface area contributed by atoms with Gasteiger partial charge in [-0.05, 0) is 96.0 Å². The van der Waals surface area contributed by atoms with Crippen LogP contribution in [0.3, 0.4) is 0 Å². The maximum atomic E-state index is 2.51.